The van der Waals surface area contributed by atoms with E-state index in [-0.39, 0.29) is 12.4 Å². The summed E-state index contributed by atoms with van der Waals surface area (Å²) in [5, 5.41) is 8.04. The van der Waals surface area contributed by atoms with Crippen LogP contribution in [0.4, 0.5) is 0 Å². The van der Waals surface area contributed by atoms with Gasteiger partial charge in [0.05, 0.1) is 18.7 Å². The van der Waals surface area contributed by atoms with Gasteiger partial charge in [-0.25, -0.2) is 0 Å². The van der Waals surface area contributed by atoms with Crippen LogP contribution < -0.4 is 4.74 Å². The zero-order valence-corrected chi connectivity index (χ0v) is 15.4. The van der Waals surface area contributed by atoms with E-state index in [1.54, 1.807) is 13.0 Å². The van der Waals surface area contributed by atoms with E-state index in [9.17, 15) is 4.79 Å². The van der Waals surface area contributed by atoms with Gasteiger partial charge in [0.1, 0.15) is 12.4 Å². The van der Waals surface area contributed by atoms with Crippen LogP contribution in [0.2, 0.25) is 0 Å². The maximum atomic E-state index is 11.7. The Labute approximate surface area is 150 Å². The lowest BCUT2D eigenvalue weighted by Gasteiger charge is -2.16. The van der Waals surface area contributed by atoms with Gasteiger partial charge in [0.25, 0.3) is 0 Å². The van der Waals surface area contributed by atoms with Gasteiger partial charge >= 0.3 is 5.97 Å². The summed E-state index contributed by atoms with van der Waals surface area (Å²) in [6.45, 7) is 4.38. The van der Waals surface area contributed by atoms with Gasteiger partial charge in [0.15, 0.2) is 0 Å². The summed E-state index contributed by atoms with van der Waals surface area (Å²) in [6, 6.07) is 7.42. The Morgan fingerprint density at radius 3 is 2.71 bits per heavy atom. The van der Waals surface area contributed by atoms with Gasteiger partial charge in [-0.1, -0.05) is 40.2 Å². The highest BCUT2D eigenvalue weighted by atomic mass is 79.9. The van der Waals surface area contributed by atoms with Crippen molar-refractivity contribution >= 4 is 27.6 Å². The molecule has 0 radical (unpaired) electrons. The van der Waals surface area contributed by atoms with E-state index in [2.05, 4.69) is 15.9 Å². The van der Waals surface area contributed by atoms with Crippen molar-refractivity contribution in [1.82, 2.24) is 0 Å². The van der Waals surface area contributed by atoms with Crippen molar-refractivity contribution in [2.24, 2.45) is 0 Å². The van der Waals surface area contributed by atoms with E-state index in [1.807, 2.05) is 43.3 Å². The second-order valence-electron chi connectivity index (χ2n) is 5.21. The van der Waals surface area contributed by atoms with Crippen LogP contribution in [0.3, 0.4) is 0 Å². The van der Waals surface area contributed by atoms with E-state index in [0.717, 1.165) is 21.2 Å². The highest BCUT2D eigenvalue weighted by Gasteiger charge is 2.14. The van der Waals surface area contributed by atoms with E-state index < -0.39 is 0 Å². The molecule has 5 heteroatoms. The van der Waals surface area contributed by atoms with Crippen molar-refractivity contribution in [3.05, 3.63) is 63.7 Å². The van der Waals surface area contributed by atoms with Gasteiger partial charge in [-0.05, 0) is 37.6 Å². The predicted molar refractivity (Wildman–Crippen MR) is 98.9 cm³/mol. The molecule has 0 aliphatic heterocycles. The first-order valence-electron chi connectivity index (χ1n) is 7.74. The summed E-state index contributed by atoms with van der Waals surface area (Å²) in [7, 11) is 0. The number of ether oxygens (including phenoxy) is 2. The average Bonchev–Trinajstić information content (AvgIpc) is 2.54. The molecule has 1 aromatic carbocycles. The summed E-state index contributed by atoms with van der Waals surface area (Å²) < 4.78 is 11.7. The molecule has 0 atom stereocenters. The second kappa shape index (κ2) is 8.64. The zero-order valence-electron chi connectivity index (χ0n) is 13.8. The lowest BCUT2D eigenvalue weighted by atomic mass is 10.0. The molecule has 1 N–H and O–H groups in total. The molecule has 126 valence electrons. The molecule has 1 aromatic rings. The van der Waals surface area contributed by atoms with Crippen molar-refractivity contribution in [2.45, 2.75) is 20.3 Å². The van der Waals surface area contributed by atoms with Crippen LogP contribution >= 0.6 is 15.9 Å². The van der Waals surface area contributed by atoms with Crippen molar-refractivity contribution in [1.29, 1.82) is 5.41 Å². The maximum absolute atomic E-state index is 11.7. The molecule has 0 fully saturated rings. The van der Waals surface area contributed by atoms with Crippen LogP contribution in [0.5, 0.6) is 5.75 Å². The average molecular weight is 390 g/mol. The summed E-state index contributed by atoms with van der Waals surface area (Å²) in [6.07, 6.45) is 5.81. The second-order valence-corrected chi connectivity index (χ2v) is 6.06. The predicted octanol–water partition coefficient (Wildman–Crippen LogP) is 4.36. The van der Waals surface area contributed by atoms with Gasteiger partial charge in [-0.15, -0.1) is 0 Å². The number of hydrogen-bond acceptors (Lipinski definition) is 4. The first-order chi connectivity index (χ1) is 11.5. The molecule has 2 rings (SSSR count). The van der Waals surface area contributed by atoms with Crippen LogP contribution in [0.1, 0.15) is 19.4 Å². The Kier molecular flexibility index (Phi) is 6.55. The van der Waals surface area contributed by atoms with Crippen LogP contribution in [0.15, 0.2) is 58.1 Å². The molecular weight excluding hydrogens is 370 g/mol. The molecule has 0 saturated carbocycles. The molecule has 0 amide bonds. The van der Waals surface area contributed by atoms with E-state index in [4.69, 9.17) is 14.9 Å². The molecule has 0 heterocycles. The molecule has 4 nitrogen and oxygen atoms in total. The van der Waals surface area contributed by atoms with Crippen molar-refractivity contribution in [2.75, 3.05) is 13.2 Å². The summed E-state index contributed by atoms with van der Waals surface area (Å²) >= 11 is 3.48. The molecular formula is C19H20BrNO3. The highest BCUT2D eigenvalue weighted by Crippen LogP contribution is 2.27. The minimum Gasteiger partial charge on any atom is -0.489 e. The van der Waals surface area contributed by atoms with Crippen molar-refractivity contribution in [3.8, 4) is 5.75 Å². The minimum atomic E-state index is -0.271. The Balaban J connectivity index is 2.08. The lowest BCUT2D eigenvalue weighted by molar-refractivity contribution is -0.142. The Morgan fingerprint density at radius 2 is 2.04 bits per heavy atom. The first kappa shape index (κ1) is 18.2. The third-order valence-electron chi connectivity index (χ3n) is 3.49. The smallest absolute Gasteiger partial charge is 0.310 e. The Bertz CT molecular complexity index is 732. The third kappa shape index (κ3) is 4.68. The number of rotatable bonds is 6. The fourth-order valence-electron chi connectivity index (χ4n) is 2.37. The molecule has 0 unspecified atom stereocenters. The monoisotopic (exact) mass is 389 g/mol. The number of allylic oxidation sites excluding steroid dienone is 4. The van der Waals surface area contributed by atoms with Gasteiger partial charge in [0.2, 0.25) is 0 Å². The molecule has 1 aliphatic rings. The first-order valence-corrected chi connectivity index (χ1v) is 8.54. The summed E-state index contributed by atoms with van der Waals surface area (Å²) in [5.41, 5.74) is 3.00. The number of halogens is 1. The number of para-hydroxylation sites is 1. The SMILES string of the molecule is C/C=C1\C(=N)C=C(COc2ccccc2CC(=O)OCC)C=C1Br. The largest absolute Gasteiger partial charge is 0.489 e. The highest BCUT2D eigenvalue weighted by molar-refractivity contribution is 9.12. The molecule has 0 bridgehead atoms. The number of esters is 1. The molecule has 0 saturated heterocycles. The Morgan fingerprint density at radius 1 is 1.29 bits per heavy atom. The third-order valence-corrected chi connectivity index (χ3v) is 4.14. The normalized spacial score (nSPS) is 15.8. The van der Waals surface area contributed by atoms with Crippen LogP contribution in [-0.2, 0) is 16.0 Å². The van der Waals surface area contributed by atoms with Gasteiger partial charge in [-0.3, -0.25) is 4.79 Å². The fourth-order valence-corrected chi connectivity index (χ4v) is 3.11. The van der Waals surface area contributed by atoms with Gasteiger partial charge in [0, 0.05) is 15.6 Å². The standard InChI is InChI=1S/C19H20BrNO3/c1-3-15-16(20)9-13(10-17(15)21)12-24-18-8-6-5-7-14(18)11-19(22)23-4-2/h3,5-10,21H,4,11-12H2,1-2H3/b15-3-,21-17?. The number of carbonyl (C=O) groups is 1. The molecule has 0 spiro atoms. The van der Waals surface area contributed by atoms with Crippen LogP contribution in [-0.4, -0.2) is 24.9 Å². The van der Waals surface area contributed by atoms with E-state index >= 15 is 0 Å². The number of carbonyl (C=O) groups excluding carboxylic acids is 1. The quantitative estimate of drug-likeness (QED) is 0.735. The van der Waals surface area contributed by atoms with E-state index in [0.29, 0.717) is 24.7 Å². The number of hydrogen-bond donors (Lipinski definition) is 1. The molecule has 0 aromatic heterocycles. The Hall–Kier alpha value is -2.14. The van der Waals surface area contributed by atoms with Gasteiger partial charge < -0.3 is 14.9 Å². The number of benzene rings is 1. The van der Waals surface area contributed by atoms with Gasteiger partial charge in [-0.2, -0.15) is 0 Å². The minimum absolute atomic E-state index is 0.182. The molecule has 24 heavy (non-hydrogen) atoms. The summed E-state index contributed by atoms with van der Waals surface area (Å²) in [4.78, 5) is 11.7. The lowest BCUT2D eigenvalue weighted by Crippen LogP contribution is -2.11. The summed E-state index contributed by atoms with van der Waals surface area (Å²) in [5.74, 6) is 0.381. The number of nitrogens with one attached hydrogen (secondary N) is 1. The van der Waals surface area contributed by atoms with E-state index in [1.165, 1.54) is 0 Å². The fraction of sp³-hybridized carbons (Fsp3) is 0.263. The van der Waals surface area contributed by atoms with Crippen LogP contribution in [0.25, 0.3) is 0 Å². The zero-order chi connectivity index (χ0) is 17.5. The maximum Gasteiger partial charge on any atom is 0.310 e. The van der Waals surface area contributed by atoms with Crippen molar-refractivity contribution in [3.63, 3.8) is 0 Å². The van der Waals surface area contributed by atoms with Crippen molar-refractivity contribution < 1.29 is 14.3 Å². The topological polar surface area (TPSA) is 59.4 Å². The van der Waals surface area contributed by atoms with Crippen LogP contribution in [0, 0.1) is 5.41 Å². The molecule has 1 aliphatic carbocycles.